The molecular weight excluding hydrogens is 458 g/mol. The minimum atomic E-state index is -3.68. The maximum atomic E-state index is 12.6. The number of hydrogen-bond donors (Lipinski definition) is 2. The van der Waals surface area contributed by atoms with E-state index in [0.29, 0.717) is 23.5 Å². The number of amides is 2. The van der Waals surface area contributed by atoms with Crippen molar-refractivity contribution in [3.63, 3.8) is 0 Å². The Balaban J connectivity index is 2.17. The molecule has 0 heterocycles. The Bertz CT molecular complexity index is 962. The molecule has 0 aliphatic carbocycles. The molecule has 2 aromatic carbocycles. The molecule has 0 aliphatic heterocycles. The second-order valence-corrected chi connectivity index (χ2v) is 9.27. The number of nitrogens with one attached hydrogen (secondary N) is 2. The van der Waals surface area contributed by atoms with Crippen molar-refractivity contribution < 1.29 is 18.0 Å². The van der Waals surface area contributed by atoms with E-state index in [9.17, 15) is 18.0 Å². The Morgan fingerprint density at radius 3 is 2.34 bits per heavy atom. The van der Waals surface area contributed by atoms with E-state index >= 15 is 0 Å². The van der Waals surface area contributed by atoms with E-state index in [1.807, 2.05) is 6.92 Å². The van der Waals surface area contributed by atoms with Gasteiger partial charge in [-0.2, -0.15) is 0 Å². The fourth-order valence-corrected chi connectivity index (χ4v) is 3.71. The Labute approximate surface area is 179 Å². The van der Waals surface area contributed by atoms with Gasteiger partial charge in [-0.1, -0.05) is 41.4 Å². The Morgan fingerprint density at radius 1 is 1.07 bits per heavy atom. The van der Waals surface area contributed by atoms with Crippen LogP contribution in [0.1, 0.15) is 30.1 Å². The predicted octanol–water partition coefficient (Wildman–Crippen LogP) is 3.38. The zero-order valence-corrected chi connectivity index (χ0v) is 18.7. The molecule has 0 spiro atoms. The van der Waals surface area contributed by atoms with Crippen molar-refractivity contribution in [1.82, 2.24) is 5.32 Å². The largest absolute Gasteiger partial charge is 0.352 e. The van der Waals surface area contributed by atoms with Crippen LogP contribution in [0.2, 0.25) is 0 Å². The number of rotatable bonds is 9. The normalized spacial score (nSPS) is 11.0. The smallest absolute Gasteiger partial charge is 0.253 e. The van der Waals surface area contributed by atoms with Crippen molar-refractivity contribution in [1.29, 1.82) is 0 Å². The fourth-order valence-electron chi connectivity index (χ4n) is 2.59. The van der Waals surface area contributed by atoms with Gasteiger partial charge in [-0.05, 0) is 42.8 Å². The number of carbonyl (C=O) groups is 2. The molecule has 9 heteroatoms. The molecule has 0 unspecified atom stereocenters. The number of para-hydroxylation sites is 1. The zero-order valence-electron chi connectivity index (χ0n) is 16.3. The predicted molar refractivity (Wildman–Crippen MR) is 119 cm³/mol. The summed E-state index contributed by atoms with van der Waals surface area (Å²) in [5.41, 5.74) is 1.03. The molecule has 2 N–H and O–H groups in total. The van der Waals surface area contributed by atoms with E-state index in [1.54, 1.807) is 48.5 Å². The number of sulfonamides is 1. The third kappa shape index (κ3) is 6.86. The first-order valence-electron chi connectivity index (χ1n) is 9.12. The second kappa shape index (κ2) is 10.4. The lowest BCUT2D eigenvalue weighted by molar-refractivity contribution is -0.114. The van der Waals surface area contributed by atoms with E-state index in [0.717, 1.165) is 27.9 Å². The minimum absolute atomic E-state index is 0.290. The topological polar surface area (TPSA) is 95.6 Å². The van der Waals surface area contributed by atoms with Crippen molar-refractivity contribution in [2.45, 2.75) is 19.8 Å². The summed E-state index contributed by atoms with van der Waals surface area (Å²) >= 11 is 3.30. The summed E-state index contributed by atoms with van der Waals surface area (Å²) in [5.74, 6) is -0.839. The van der Waals surface area contributed by atoms with Crippen LogP contribution in [-0.2, 0) is 14.8 Å². The number of benzene rings is 2. The molecule has 29 heavy (non-hydrogen) atoms. The maximum Gasteiger partial charge on any atom is 0.253 e. The summed E-state index contributed by atoms with van der Waals surface area (Å²) in [6, 6.07) is 13.2. The number of nitrogens with zero attached hydrogens (tertiary/aromatic N) is 1. The van der Waals surface area contributed by atoms with Crippen molar-refractivity contribution in [3.8, 4) is 0 Å². The van der Waals surface area contributed by atoms with Crippen LogP contribution in [0.25, 0.3) is 0 Å². The van der Waals surface area contributed by atoms with E-state index in [2.05, 4.69) is 26.6 Å². The number of carbonyl (C=O) groups excluding carboxylic acids is 2. The molecule has 0 aromatic heterocycles. The first-order valence-corrected chi connectivity index (χ1v) is 11.8. The van der Waals surface area contributed by atoms with E-state index < -0.39 is 22.5 Å². The molecule has 7 nitrogen and oxygen atoms in total. The summed E-state index contributed by atoms with van der Waals surface area (Å²) in [7, 11) is -3.68. The van der Waals surface area contributed by atoms with E-state index in [-0.39, 0.29) is 5.91 Å². The molecule has 0 fully saturated rings. The lowest BCUT2D eigenvalue weighted by Gasteiger charge is -2.22. The van der Waals surface area contributed by atoms with Gasteiger partial charge in [0.2, 0.25) is 15.9 Å². The van der Waals surface area contributed by atoms with Crippen molar-refractivity contribution in [3.05, 3.63) is 58.6 Å². The SMILES string of the molecule is CCCCNC(=O)c1ccccc1NC(=O)CN(c1ccc(Br)cc1)S(C)(=O)=O. The van der Waals surface area contributed by atoms with Crippen LogP contribution in [0.15, 0.2) is 53.0 Å². The maximum absolute atomic E-state index is 12.6. The van der Waals surface area contributed by atoms with Crippen LogP contribution >= 0.6 is 15.9 Å². The lowest BCUT2D eigenvalue weighted by Crippen LogP contribution is -2.37. The third-order valence-corrected chi connectivity index (χ3v) is 5.73. The highest BCUT2D eigenvalue weighted by Crippen LogP contribution is 2.21. The Hall–Kier alpha value is -2.39. The molecule has 2 aromatic rings. The Kier molecular flexibility index (Phi) is 8.21. The van der Waals surface area contributed by atoms with Gasteiger partial charge in [0.25, 0.3) is 5.91 Å². The summed E-state index contributed by atoms with van der Waals surface area (Å²) in [6.45, 7) is 2.16. The molecule has 0 bridgehead atoms. The summed E-state index contributed by atoms with van der Waals surface area (Å²) in [4.78, 5) is 25.0. The molecule has 0 saturated heterocycles. The minimum Gasteiger partial charge on any atom is -0.352 e. The van der Waals surface area contributed by atoms with Crippen LogP contribution in [0.5, 0.6) is 0 Å². The average molecular weight is 482 g/mol. The van der Waals surface area contributed by atoms with E-state index in [4.69, 9.17) is 0 Å². The summed E-state index contributed by atoms with van der Waals surface area (Å²) < 4.78 is 26.2. The molecular formula is C20H24BrN3O4S. The van der Waals surface area contributed by atoms with Crippen LogP contribution in [0, 0.1) is 0 Å². The number of unbranched alkanes of at least 4 members (excludes halogenated alkanes) is 1. The molecule has 156 valence electrons. The number of anilines is 2. The molecule has 0 atom stereocenters. The highest BCUT2D eigenvalue weighted by atomic mass is 79.9. The molecule has 2 amide bonds. The van der Waals surface area contributed by atoms with Gasteiger partial charge in [0.05, 0.1) is 23.2 Å². The van der Waals surface area contributed by atoms with Gasteiger partial charge in [-0.25, -0.2) is 8.42 Å². The summed E-state index contributed by atoms with van der Waals surface area (Å²) in [6.07, 6.45) is 2.85. The third-order valence-electron chi connectivity index (χ3n) is 4.06. The Morgan fingerprint density at radius 2 is 1.72 bits per heavy atom. The van der Waals surface area contributed by atoms with Crippen LogP contribution in [0.4, 0.5) is 11.4 Å². The highest BCUT2D eigenvalue weighted by Gasteiger charge is 2.22. The van der Waals surface area contributed by atoms with Crippen molar-refractivity contribution in [2.24, 2.45) is 0 Å². The van der Waals surface area contributed by atoms with Crippen molar-refractivity contribution in [2.75, 3.05) is 29.0 Å². The van der Waals surface area contributed by atoms with Crippen LogP contribution < -0.4 is 14.9 Å². The van der Waals surface area contributed by atoms with Gasteiger partial charge < -0.3 is 10.6 Å². The molecule has 0 saturated carbocycles. The van der Waals surface area contributed by atoms with Gasteiger partial charge in [-0.15, -0.1) is 0 Å². The van der Waals surface area contributed by atoms with Gasteiger partial charge in [0, 0.05) is 11.0 Å². The highest BCUT2D eigenvalue weighted by molar-refractivity contribution is 9.10. The molecule has 2 rings (SSSR count). The van der Waals surface area contributed by atoms with Crippen LogP contribution in [0.3, 0.4) is 0 Å². The standard InChI is InChI=1S/C20H24BrN3O4S/c1-3-4-13-22-20(26)17-7-5-6-8-18(17)23-19(25)14-24(29(2,27)28)16-11-9-15(21)10-12-16/h5-12H,3-4,13-14H2,1-2H3,(H,22,26)(H,23,25). The summed E-state index contributed by atoms with van der Waals surface area (Å²) in [5, 5.41) is 5.46. The quantitative estimate of drug-likeness (QED) is 0.536. The second-order valence-electron chi connectivity index (χ2n) is 6.45. The van der Waals surface area contributed by atoms with Crippen molar-refractivity contribution >= 4 is 49.1 Å². The van der Waals surface area contributed by atoms with Gasteiger partial charge in [-0.3, -0.25) is 13.9 Å². The average Bonchev–Trinajstić information content (AvgIpc) is 2.66. The van der Waals surface area contributed by atoms with Gasteiger partial charge >= 0.3 is 0 Å². The number of hydrogen-bond acceptors (Lipinski definition) is 4. The number of halogens is 1. The molecule has 0 aliphatic rings. The van der Waals surface area contributed by atoms with Gasteiger partial charge in [0.15, 0.2) is 0 Å². The molecule has 0 radical (unpaired) electrons. The monoisotopic (exact) mass is 481 g/mol. The van der Waals surface area contributed by atoms with E-state index in [1.165, 1.54) is 0 Å². The van der Waals surface area contributed by atoms with Gasteiger partial charge in [0.1, 0.15) is 6.54 Å². The zero-order chi connectivity index (χ0) is 21.4. The first kappa shape index (κ1) is 22.9. The lowest BCUT2D eigenvalue weighted by atomic mass is 10.1. The first-order chi connectivity index (χ1) is 13.7. The van der Waals surface area contributed by atoms with Crippen LogP contribution in [-0.4, -0.2) is 39.6 Å². The fraction of sp³-hybridized carbons (Fsp3) is 0.300.